The van der Waals surface area contributed by atoms with Gasteiger partial charge in [0.1, 0.15) is 0 Å². The van der Waals surface area contributed by atoms with E-state index < -0.39 is 0 Å². The van der Waals surface area contributed by atoms with Crippen LogP contribution in [0.4, 0.5) is 0 Å². The van der Waals surface area contributed by atoms with Crippen LogP contribution >= 0.6 is 0 Å². The first-order valence-corrected chi connectivity index (χ1v) is 6.22. The normalized spacial score (nSPS) is 20.8. The number of unbranched alkanes of at least 4 members (excludes halogenated alkanes) is 1. The van der Waals surface area contributed by atoms with Gasteiger partial charge < -0.3 is 10.6 Å². The second kappa shape index (κ2) is 6.41. The topological polar surface area (TPSA) is 29.3 Å². The summed E-state index contributed by atoms with van der Waals surface area (Å²) in [5.41, 5.74) is 5.61. The van der Waals surface area contributed by atoms with Gasteiger partial charge in [-0.15, -0.1) is 0 Å². The van der Waals surface area contributed by atoms with E-state index in [4.69, 9.17) is 5.73 Å². The zero-order valence-corrected chi connectivity index (χ0v) is 9.84. The smallest absolute Gasteiger partial charge is 0.00342 e. The molecule has 1 aliphatic rings. The predicted molar refractivity (Wildman–Crippen MR) is 62.3 cm³/mol. The van der Waals surface area contributed by atoms with Crippen molar-refractivity contribution in [3.63, 3.8) is 0 Å². The highest BCUT2D eigenvalue weighted by Crippen LogP contribution is 2.20. The molecule has 1 saturated heterocycles. The van der Waals surface area contributed by atoms with Crippen LogP contribution in [-0.2, 0) is 0 Å². The number of hydrogen-bond acceptors (Lipinski definition) is 2. The number of nitrogens with zero attached hydrogens (tertiary/aromatic N) is 1. The Bertz CT molecular complexity index is 141. The van der Waals surface area contributed by atoms with Crippen LogP contribution in [0.2, 0.25) is 0 Å². The van der Waals surface area contributed by atoms with E-state index >= 15 is 0 Å². The molecule has 2 nitrogen and oxygen atoms in total. The maximum atomic E-state index is 5.61. The Hall–Kier alpha value is -0.0800. The van der Waals surface area contributed by atoms with Gasteiger partial charge in [-0.25, -0.2) is 0 Å². The van der Waals surface area contributed by atoms with Gasteiger partial charge in [0, 0.05) is 19.6 Å². The van der Waals surface area contributed by atoms with Gasteiger partial charge in [0.15, 0.2) is 0 Å². The summed E-state index contributed by atoms with van der Waals surface area (Å²) in [5, 5.41) is 0. The van der Waals surface area contributed by atoms with Crippen LogP contribution in [-0.4, -0.2) is 31.1 Å². The average Bonchev–Trinajstić information content (AvgIpc) is 2.15. The van der Waals surface area contributed by atoms with Crippen molar-refractivity contribution in [2.75, 3.05) is 26.2 Å². The van der Waals surface area contributed by atoms with Crippen molar-refractivity contribution in [2.24, 2.45) is 17.6 Å². The van der Waals surface area contributed by atoms with Gasteiger partial charge >= 0.3 is 0 Å². The molecule has 0 radical (unpaired) electrons. The molecule has 14 heavy (non-hydrogen) atoms. The summed E-state index contributed by atoms with van der Waals surface area (Å²) in [6.07, 6.45) is 5.48. The Balaban J connectivity index is 2.09. The highest BCUT2D eigenvalue weighted by Gasteiger charge is 2.26. The van der Waals surface area contributed by atoms with E-state index in [1.54, 1.807) is 0 Å². The summed E-state index contributed by atoms with van der Waals surface area (Å²) < 4.78 is 0. The molecular formula is C12H26N2. The third-order valence-corrected chi connectivity index (χ3v) is 3.43. The first-order valence-electron chi connectivity index (χ1n) is 6.22. The fourth-order valence-corrected chi connectivity index (χ4v) is 2.26. The Morgan fingerprint density at radius 1 is 1.36 bits per heavy atom. The minimum atomic E-state index is 0.790. The fourth-order valence-electron chi connectivity index (χ4n) is 2.26. The van der Waals surface area contributed by atoms with Crippen LogP contribution in [0.1, 0.15) is 39.5 Å². The molecule has 0 aromatic rings. The van der Waals surface area contributed by atoms with E-state index in [-0.39, 0.29) is 0 Å². The largest absolute Gasteiger partial charge is 0.330 e. The predicted octanol–water partition coefficient (Wildman–Crippen LogP) is 2.09. The number of hydrogen-bond donors (Lipinski definition) is 1. The Labute approximate surface area is 88.8 Å². The van der Waals surface area contributed by atoms with E-state index in [1.807, 2.05) is 0 Å². The van der Waals surface area contributed by atoms with E-state index in [0.717, 1.165) is 18.4 Å². The molecule has 1 heterocycles. The van der Waals surface area contributed by atoms with Crippen molar-refractivity contribution < 1.29 is 0 Å². The summed E-state index contributed by atoms with van der Waals surface area (Å²) in [4.78, 5) is 2.57. The summed E-state index contributed by atoms with van der Waals surface area (Å²) in [6.45, 7) is 9.29. The summed E-state index contributed by atoms with van der Waals surface area (Å²) in [6, 6.07) is 0. The molecule has 1 aliphatic heterocycles. The third-order valence-electron chi connectivity index (χ3n) is 3.43. The molecule has 0 aromatic heterocycles. The molecule has 1 rings (SSSR count). The lowest BCUT2D eigenvalue weighted by Crippen LogP contribution is -2.51. The van der Waals surface area contributed by atoms with Crippen molar-refractivity contribution >= 4 is 0 Å². The molecule has 0 bridgehead atoms. The quantitative estimate of drug-likeness (QED) is 0.679. The summed E-state index contributed by atoms with van der Waals surface area (Å²) in [5.74, 6) is 1.72. The van der Waals surface area contributed by atoms with E-state index in [9.17, 15) is 0 Å². The number of nitrogens with two attached hydrogens (primary N) is 1. The zero-order valence-electron chi connectivity index (χ0n) is 9.84. The van der Waals surface area contributed by atoms with Gasteiger partial charge in [0.05, 0.1) is 0 Å². The minimum absolute atomic E-state index is 0.790. The second-order valence-electron chi connectivity index (χ2n) is 4.74. The highest BCUT2D eigenvalue weighted by molar-refractivity contribution is 4.81. The minimum Gasteiger partial charge on any atom is -0.330 e. The van der Waals surface area contributed by atoms with Gasteiger partial charge in [-0.05, 0) is 24.8 Å². The van der Waals surface area contributed by atoms with Crippen LogP contribution in [0.25, 0.3) is 0 Å². The lowest BCUT2D eigenvalue weighted by Gasteiger charge is -2.40. The van der Waals surface area contributed by atoms with Gasteiger partial charge in [-0.2, -0.15) is 0 Å². The number of likely N-dealkylation sites (tertiary alicyclic amines) is 1. The first-order chi connectivity index (χ1) is 6.80. The monoisotopic (exact) mass is 198 g/mol. The van der Waals surface area contributed by atoms with Crippen LogP contribution < -0.4 is 5.73 Å². The van der Waals surface area contributed by atoms with Crippen molar-refractivity contribution in [1.29, 1.82) is 0 Å². The molecule has 0 aromatic carbocycles. The third kappa shape index (κ3) is 3.58. The maximum Gasteiger partial charge on any atom is 0.00342 e. The molecule has 2 heteroatoms. The van der Waals surface area contributed by atoms with E-state index in [0.29, 0.717) is 0 Å². The summed E-state index contributed by atoms with van der Waals surface area (Å²) >= 11 is 0. The van der Waals surface area contributed by atoms with Crippen LogP contribution in [0, 0.1) is 11.8 Å². The molecule has 1 atom stereocenters. The van der Waals surface area contributed by atoms with E-state index in [2.05, 4.69) is 18.7 Å². The molecule has 0 spiro atoms. The molecule has 0 amide bonds. The summed E-state index contributed by atoms with van der Waals surface area (Å²) in [7, 11) is 0. The SMILES string of the molecule is CCCCC(CC)CN1CC(CN)C1. The lowest BCUT2D eigenvalue weighted by atomic mass is 9.94. The fraction of sp³-hybridized carbons (Fsp3) is 1.00. The van der Waals surface area contributed by atoms with Gasteiger partial charge in [-0.3, -0.25) is 0 Å². The molecule has 84 valence electrons. The van der Waals surface area contributed by atoms with Crippen molar-refractivity contribution in [3.8, 4) is 0 Å². The van der Waals surface area contributed by atoms with Gasteiger partial charge in [0.2, 0.25) is 0 Å². The first kappa shape index (κ1) is 12.0. The van der Waals surface area contributed by atoms with Crippen LogP contribution in [0.15, 0.2) is 0 Å². The van der Waals surface area contributed by atoms with Gasteiger partial charge in [-0.1, -0.05) is 33.1 Å². The van der Waals surface area contributed by atoms with Crippen molar-refractivity contribution in [2.45, 2.75) is 39.5 Å². The number of rotatable bonds is 7. The van der Waals surface area contributed by atoms with Crippen molar-refractivity contribution in [3.05, 3.63) is 0 Å². The highest BCUT2D eigenvalue weighted by atomic mass is 15.2. The molecule has 0 saturated carbocycles. The average molecular weight is 198 g/mol. The van der Waals surface area contributed by atoms with Gasteiger partial charge in [0.25, 0.3) is 0 Å². The maximum absolute atomic E-state index is 5.61. The van der Waals surface area contributed by atoms with Crippen LogP contribution in [0.3, 0.4) is 0 Å². The Kier molecular flexibility index (Phi) is 5.49. The second-order valence-corrected chi connectivity index (χ2v) is 4.74. The van der Waals surface area contributed by atoms with E-state index in [1.165, 1.54) is 45.3 Å². The van der Waals surface area contributed by atoms with Crippen molar-refractivity contribution in [1.82, 2.24) is 4.90 Å². The lowest BCUT2D eigenvalue weighted by molar-refractivity contribution is 0.0830. The molecule has 0 aliphatic carbocycles. The standard InChI is InChI=1S/C12H26N2/c1-3-5-6-11(4-2)8-14-9-12(7-13)10-14/h11-12H,3-10,13H2,1-2H3. The molecular weight excluding hydrogens is 172 g/mol. The molecule has 1 fully saturated rings. The molecule has 1 unspecified atom stereocenters. The Morgan fingerprint density at radius 3 is 2.57 bits per heavy atom. The molecule has 2 N–H and O–H groups in total. The zero-order chi connectivity index (χ0) is 10.4. The Morgan fingerprint density at radius 2 is 2.07 bits per heavy atom. The van der Waals surface area contributed by atoms with Crippen LogP contribution in [0.5, 0.6) is 0 Å².